The molecule has 1 aromatic rings. The monoisotopic (exact) mass is 169 g/mol. The number of benzene rings is 1. The lowest BCUT2D eigenvalue weighted by Crippen LogP contribution is -1.96. The van der Waals surface area contributed by atoms with Gasteiger partial charge < -0.3 is 0 Å². The van der Waals surface area contributed by atoms with E-state index in [-0.39, 0.29) is 5.54 Å². The zero-order valence-corrected chi connectivity index (χ0v) is 7.07. The Kier molecular flexibility index (Phi) is 2.39. The molecule has 0 N–H and O–H groups in total. The molecule has 0 aromatic heterocycles. The van der Waals surface area contributed by atoms with Crippen molar-refractivity contribution in [3.63, 3.8) is 0 Å². The van der Waals surface area contributed by atoms with E-state index < -0.39 is 11.6 Å². The third kappa shape index (κ3) is 1.86. The van der Waals surface area contributed by atoms with Gasteiger partial charge in [-0.15, -0.1) is 0 Å². The summed E-state index contributed by atoms with van der Waals surface area (Å²) < 4.78 is 25.2. The molecule has 11 heavy (non-hydrogen) atoms. The Morgan fingerprint density at radius 3 is 2.45 bits per heavy atom. The van der Waals surface area contributed by atoms with Crippen LogP contribution >= 0.6 is 0 Å². The van der Waals surface area contributed by atoms with Gasteiger partial charge in [0.1, 0.15) is 11.6 Å². The molecule has 0 bridgehead atoms. The van der Waals surface area contributed by atoms with Crippen LogP contribution in [0.15, 0.2) is 18.2 Å². The Labute approximate surface area is 67.7 Å². The molecule has 0 amide bonds. The first kappa shape index (κ1) is 8.39. The Hall–Kier alpha value is -0.703. The lowest BCUT2D eigenvalue weighted by atomic mass is 10.1. The average molecular weight is 169 g/mol. The van der Waals surface area contributed by atoms with E-state index in [0.717, 1.165) is 6.07 Å². The molecule has 0 heterocycles. The molecular formula is C8H7F2Si. The Balaban J connectivity index is 3.09. The van der Waals surface area contributed by atoms with E-state index in [1.807, 2.05) is 0 Å². The van der Waals surface area contributed by atoms with Crippen LogP contribution in [0.4, 0.5) is 8.78 Å². The van der Waals surface area contributed by atoms with E-state index in [9.17, 15) is 8.78 Å². The van der Waals surface area contributed by atoms with E-state index in [0.29, 0.717) is 5.56 Å². The van der Waals surface area contributed by atoms with Gasteiger partial charge in [0.05, 0.1) is 0 Å². The first-order valence-electron chi connectivity index (χ1n) is 3.27. The van der Waals surface area contributed by atoms with Crippen LogP contribution < -0.4 is 0 Å². The molecule has 0 spiro atoms. The second kappa shape index (κ2) is 3.13. The summed E-state index contributed by atoms with van der Waals surface area (Å²) in [6, 6.07) is 3.56. The van der Waals surface area contributed by atoms with Crippen molar-refractivity contribution >= 4 is 10.2 Å². The number of hydrogen-bond donors (Lipinski definition) is 0. The topological polar surface area (TPSA) is 0 Å². The van der Waals surface area contributed by atoms with Crippen molar-refractivity contribution in [2.45, 2.75) is 12.5 Å². The minimum Gasteiger partial charge on any atom is -0.207 e. The zero-order valence-electron chi connectivity index (χ0n) is 6.07. The zero-order chi connectivity index (χ0) is 8.43. The van der Waals surface area contributed by atoms with Crippen LogP contribution in [0.1, 0.15) is 18.0 Å². The second-order valence-electron chi connectivity index (χ2n) is 2.39. The summed E-state index contributed by atoms with van der Waals surface area (Å²) in [5.74, 6) is -1.05. The van der Waals surface area contributed by atoms with Crippen molar-refractivity contribution in [3.8, 4) is 0 Å². The highest BCUT2D eigenvalue weighted by atomic mass is 28.1. The standard InChI is InChI=1S/C8H7F2Si/c1-5(11)7-3-2-6(9)4-8(7)10/h2-5H,1H3. The quantitative estimate of drug-likeness (QED) is 0.565. The molecule has 1 aromatic carbocycles. The highest BCUT2D eigenvalue weighted by Gasteiger charge is 2.06. The molecule has 3 heteroatoms. The summed E-state index contributed by atoms with van der Waals surface area (Å²) in [5, 5.41) is 0. The summed E-state index contributed by atoms with van der Waals surface area (Å²) in [7, 11) is 3.24. The first-order chi connectivity index (χ1) is 5.11. The third-order valence-electron chi connectivity index (χ3n) is 1.43. The van der Waals surface area contributed by atoms with E-state index in [2.05, 4.69) is 10.2 Å². The van der Waals surface area contributed by atoms with Crippen LogP contribution in [0.3, 0.4) is 0 Å². The Morgan fingerprint density at radius 2 is 2.00 bits per heavy atom. The van der Waals surface area contributed by atoms with Crippen molar-refractivity contribution in [2.24, 2.45) is 0 Å². The van der Waals surface area contributed by atoms with Gasteiger partial charge in [0, 0.05) is 16.3 Å². The fraction of sp³-hybridized carbons (Fsp3) is 0.250. The first-order valence-corrected chi connectivity index (χ1v) is 3.85. The molecular weight excluding hydrogens is 162 g/mol. The average Bonchev–Trinajstić information content (AvgIpc) is 1.85. The normalized spacial score (nSPS) is 13.1. The van der Waals surface area contributed by atoms with Gasteiger partial charge in [0.25, 0.3) is 0 Å². The largest absolute Gasteiger partial charge is 0.207 e. The molecule has 0 aliphatic heterocycles. The van der Waals surface area contributed by atoms with Crippen molar-refractivity contribution in [1.29, 1.82) is 0 Å². The molecule has 57 valence electrons. The van der Waals surface area contributed by atoms with Gasteiger partial charge in [0.15, 0.2) is 0 Å². The number of hydrogen-bond acceptors (Lipinski definition) is 0. The lowest BCUT2D eigenvalue weighted by molar-refractivity contribution is 0.572. The molecule has 0 aliphatic carbocycles. The maximum Gasteiger partial charge on any atom is 0.129 e. The lowest BCUT2D eigenvalue weighted by Gasteiger charge is -2.05. The molecule has 0 saturated carbocycles. The van der Waals surface area contributed by atoms with Crippen molar-refractivity contribution in [3.05, 3.63) is 35.4 Å². The highest BCUT2D eigenvalue weighted by molar-refractivity contribution is 6.12. The maximum absolute atomic E-state index is 12.8. The van der Waals surface area contributed by atoms with Crippen LogP contribution in [-0.4, -0.2) is 10.2 Å². The van der Waals surface area contributed by atoms with Gasteiger partial charge >= 0.3 is 0 Å². The van der Waals surface area contributed by atoms with E-state index in [1.54, 1.807) is 6.92 Å². The Morgan fingerprint density at radius 1 is 1.36 bits per heavy atom. The van der Waals surface area contributed by atoms with Gasteiger partial charge in [0.2, 0.25) is 0 Å². The van der Waals surface area contributed by atoms with Crippen LogP contribution in [-0.2, 0) is 0 Å². The summed E-state index contributed by atoms with van der Waals surface area (Å²) >= 11 is 0. The maximum atomic E-state index is 12.8. The van der Waals surface area contributed by atoms with Crippen molar-refractivity contribution in [2.75, 3.05) is 0 Å². The fourth-order valence-corrected chi connectivity index (χ4v) is 1.09. The molecule has 0 aliphatic rings. The molecule has 1 atom stereocenters. The smallest absolute Gasteiger partial charge is 0.129 e. The summed E-state index contributed by atoms with van der Waals surface area (Å²) in [4.78, 5) is 0. The fourth-order valence-electron chi connectivity index (χ4n) is 0.853. The SMILES string of the molecule is CC([Si])c1ccc(F)cc1F. The minimum atomic E-state index is -0.543. The molecule has 1 unspecified atom stereocenters. The summed E-state index contributed by atoms with van der Waals surface area (Å²) in [5.41, 5.74) is 0.388. The highest BCUT2D eigenvalue weighted by Crippen LogP contribution is 2.16. The summed E-state index contributed by atoms with van der Waals surface area (Å²) in [6.45, 7) is 1.78. The van der Waals surface area contributed by atoms with Crippen LogP contribution in [0.25, 0.3) is 0 Å². The van der Waals surface area contributed by atoms with E-state index >= 15 is 0 Å². The van der Waals surface area contributed by atoms with Gasteiger partial charge in [-0.2, -0.15) is 0 Å². The third-order valence-corrected chi connectivity index (χ3v) is 1.74. The predicted molar refractivity (Wildman–Crippen MR) is 40.5 cm³/mol. The van der Waals surface area contributed by atoms with Crippen molar-refractivity contribution < 1.29 is 8.78 Å². The number of halogens is 2. The van der Waals surface area contributed by atoms with Gasteiger partial charge in [-0.25, -0.2) is 8.78 Å². The summed E-state index contributed by atoms with van der Waals surface area (Å²) in [6.07, 6.45) is 0. The van der Waals surface area contributed by atoms with Gasteiger partial charge in [-0.3, -0.25) is 0 Å². The van der Waals surface area contributed by atoms with Crippen LogP contribution in [0.5, 0.6) is 0 Å². The Bertz CT molecular complexity index is 258. The second-order valence-corrected chi connectivity index (χ2v) is 3.25. The van der Waals surface area contributed by atoms with E-state index in [4.69, 9.17) is 0 Å². The molecule has 0 nitrogen and oxygen atoms in total. The van der Waals surface area contributed by atoms with Gasteiger partial charge in [-0.1, -0.05) is 13.0 Å². The van der Waals surface area contributed by atoms with Gasteiger partial charge in [-0.05, 0) is 17.2 Å². The van der Waals surface area contributed by atoms with Crippen molar-refractivity contribution in [1.82, 2.24) is 0 Å². The predicted octanol–water partition coefficient (Wildman–Crippen LogP) is 2.19. The molecule has 3 radical (unpaired) electrons. The molecule has 1 rings (SSSR count). The molecule has 0 fully saturated rings. The number of rotatable bonds is 1. The van der Waals surface area contributed by atoms with Crippen LogP contribution in [0.2, 0.25) is 0 Å². The van der Waals surface area contributed by atoms with E-state index in [1.165, 1.54) is 12.1 Å². The molecule has 0 saturated heterocycles. The minimum absolute atomic E-state index is 0.0874. The van der Waals surface area contributed by atoms with Crippen LogP contribution in [0, 0.1) is 11.6 Å².